The lowest BCUT2D eigenvalue weighted by molar-refractivity contribution is 0.363. The van der Waals surface area contributed by atoms with E-state index in [2.05, 4.69) is 15.1 Å². The number of aromatic nitrogens is 3. The lowest BCUT2D eigenvalue weighted by atomic mass is 10.1. The van der Waals surface area contributed by atoms with Crippen molar-refractivity contribution in [2.75, 3.05) is 0 Å². The zero-order chi connectivity index (χ0) is 14.8. The summed E-state index contributed by atoms with van der Waals surface area (Å²) in [5.74, 6) is 0.919. The molecule has 0 amide bonds. The molecule has 2 heterocycles. The number of halogens is 1. The number of benzene rings is 1. The minimum Gasteiger partial charge on any atom is -0.337 e. The van der Waals surface area contributed by atoms with E-state index in [1.165, 1.54) is 0 Å². The third-order valence-corrected chi connectivity index (χ3v) is 4.16. The average molecular weight is 321 g/mol. The van der Waals surface area contributed by atoms with Crippen LogP contribution in [0, 0.1) is 6.92 Å². The second-order valence-electron chi connectivity index (χ2n) is 4.58. The standard InChI is InChI=1S/C14H13ClN4OS/c1-8-17-9(7-21-8)6-12-18-14(20-19-12)13(16)10-4-2-3-5-11(10)15/h2-5,7,13H,6,16H2,1H3/t13-/m1/s1. The molecule has 0 bridgehead atoms. The Bertz CT molecular complexity index is 755. The Kier molecular flexibility index (Phi) is 4.01. The molecule has 3 rings (SSSR count). The largest absolute Gasteiger partial charge is 0.337 e. The van der Waals surface area contributed by atoms with Gasteiger partial charge < -0.3 is 10.3 Å². The summed E-state index contributed by atoms with van der Waals surface area (Å²) < 4.78 is 5.25. The van der Waals surface area contributed by atoms with Gasteiger partial charge in [0.1, 0.15) is 6.04 Å². The highest BCUT2D eigenvalue weighted by atomic mass is 35.5. The fourth-order valence-electron chi connectivity index (χ4n) is 1.98. The van der Waals surface area contributed by atoms with Gasteiger partial charge in [-0.25, -0.2) is 4.98 Å². The number of hydrogen-bond donors (Lipinski definition) is 1. The average Bonchev–Trinajstić information content (AvgIpc) is 3.08. The Morgan fingerprint density at radius 2 is 2.14 bits per heavy atom. The Morgan fingerprint density at radius 1 is 1.33 bits per heavy atom. The first-order chi connectivity index (χ1) is 10.1. The van der Waals surface area contributed by atoms with Crippen molar-refractivity contribution in [2.45, 2.75) is 19.4 Å². The van der Waals surface area contributed by atoms with Gasteiger partial charge in [-0.15, -0.1) is 11.3 Å². The van der Waals surface area contributed by atoms with Crippen LogP contribution in [0.4, 0.5) is 0 Å². The smallest absolute Gasteiger partial charge is 0.248 e. The molecule has 0 radical (unpaired) electrons. The molecule has 3 aromatic rings. The van der Waals surface area contributed by atoms with E-state index in [-0.39, 0.29) is 0 Å². The van der Waals surface area contributed by atoms with E-state index in [4.69, 9.17) is 21.9 Å². The zero-order valence-corrected chi connectivity index (χ0v) is 12.9. The summed E-state index contributed by atoms with van der Waals surface area (Å²) in [5, 5.41) is 7.54. The molecule has 108 valence electrons. The lowest BCUT2D eigenvalue weighted by Crippen LogP contribution is -2.12. The van der Waals surface area contributed by atoms with Crippen LogP contribution in [0.1, 0.15) is 34.0 Å². The maximum atomic E-state index is 6.13. The van der Waals surface area contributed by atoms with Crippen LogP contribution >= 0.6 is 22.9 Å². The van der Waals surface area contributed by atoms with Crippen molar-refractivity contribution < 1.29 is 4.52 Å². The molecule has 0 fully saturated rings. The Balaban J connectivity index is 1.80. The van der Waals surface area contributed by atoms with Gasteiger partial charge in [0.05, 0.1) is 17.1 Å². The van der Waals surface area contributed by atoms with Gasteiger partial charge in [0, 0.05) is 10.4 Å². The van der Waals surface area contributed by atoms with Gasteiger partial charge in [-0.1, -0.05) is 35.0 Å². The minimum atomic E-state index is -0.530. The molecule has 2 N–H and O–H groups in total. The maximum absolute atomic E-state index is 6.13. The summed E-state index contributed by atoms with van der Waals surface area (Å²) in [4.78, 5) is 8.71. The second kappa shape index (κ2) is 5.93. The monoisotopic (exact) mass is 320 g/mol. The molecule has 5 nitrogen and oxygen atoms in total. The number of aryl methyl sites for hydroxylation is 1. The highest BCUT2D eigenvalue weighted by Crippen LogP contribution is 2.25. The molecule has 1 aromatic carbocycles. The third kappa shape index (κ3) is 3.12. The first-order valence-electron chi connectivity index (χ1n) is 6.37. The van der Waals surface area contributed by atoms with Gasteiger partial charge in [-0.2, -0.15) is 4.98 Å². The molecule has 0 aliphatic heterocycles. The summed E-state index contributed by atoms with van der Waals surface area (Å²) in [6.45, 7) is 1.96. The molecular weight excluding hydrogens is 308 g/mol. The van der Waals surface area contributed by atoms with Crippen molar-refractivity contribution in [3.8, 4) is 0 Å². The van der Waals surface area contributed by atoms with E-state index in [1.807, 2.05) is 30.5 Å². The van der Waals surface area contributed by atoms with Crippen LogP contribution in [0.25, 0.3) is 0 Å². The SMILES string of the molecule is Cc1nc(Cc2noc([C@H](N)c3ccccc3Cl)n2)cs1. The summed E-state index contributed by atoms with van der Waals surface area (Å²) >= 11 is 7.73. The van der Waals surface area contributed by atoms with E-state index in [0.717, 1.165) is 16.3 Å². The third-order valence-electron chi connectivity index (χ3n) is 3.00. The van der Waals surface area contributed by atoms with Gasteiger partial charge >= 0.3 is 0 Å². The van der Waals surface area contributed by atoms with Crippen molar-refractivity contribution in [3.63, 3.8) is 0 Å². The Morgan fingerprint density at radius 3 is 2.86 bits per heavy atom. The maximum Gasteiger partial charge on any atom is 0.248 e. The molecule has 0 saturated heterocycles. The van der Waals surface area contributed by atoms with E-state index in [0.29, 0.717) is 23.2 Å². The molecule has 1 atom stereocenters. The van der Waals surface area contributed by atoms with Gasteiger partial charge in [0.25, 0.3) is 0 Å². The van der Waals surface area contributed by atoms with Gasteiger partial charge in [-0.3, -0.25) is 0 Å². The second-order valence-corrected chi connectivity index (χ2v) is 6.05. The van der Waals surface area contributed by atoms with Crippen LogP contribution < -0.4 is 5.73 Å². The summed E-state index contributed by atoms with van der Waals surface area (Å²) in [6, 6.07) is 6.82. The Hall–Kier alpha value is -1.76. The molecule has 2 aromatic heterocycles. The van der Waals surface area contributed by atoms with Crippen LogP contribution in [-0.4, -0.2) is 15.1 Å². The van der Waals surface area contributed by atoms with Crippen LogP contribution in [0.15, 0.2) is 34.2 Å². The molecule has 21 heavy (non-hydrogen) atoms. The Labute approximate surface area is 130 Å². The van der Waals surface area contributed by atoms with Crippen LogP contribution in [0.2, 0.25) is 5.02 Å². The van der Waals surface area contributed by atoms with Gasteiger partial charge in [-0.05, 0) is 18.6 Å². The number of rotatable bonds is 4. The van der Waals surface area contributed by atoms with Crippen molar-refractivity contribution in [1.29, 1.82) is 0 Å². The predicted molar refractivity (Wildman–Crippen MR) is 81.4 cm³/mol. The first kappa shape index (κ1) is 14.2. The normalized spacial score (nSPS) is 12.5. The number of hydrogen-bond acceptors (Lipinski definition) is 6. The number of nitrogens with zero attached hydrogens (tertiary/aromatic N) is 3. The highest BCUT2D eigenvalue weighted by Gasteiger charge is 2.19. The topological polar surface area (TPSA) is 77.8 Å². The molecule has 0 saturated carbocycles. The molecule has 0 aliphatic carbocycles. The highest BCUT2D eigenvalue weighted by molar-refractivity contribution is 7.09. The van der Waals surface area contributed by atoms with E-state index in [1.54, 1.807) is 17.4 Å². The van der Waals surface area contributed by atoms with Crippen molar-refractivity contribution >= 4 is 22.9 Å². The first-order valence-corrected chi connectivity index (χ1v) is 7.62. The van der Waals surface area contributed by atoms with E-state index in [9.17, 15) is 0 Å². The minimum absolute atomic E-state index is 0.352. The van der Waals surface area contributed by atoms with E-state index >= 15 is 0 Å². The fraction of sp³-hybridized carbons (Fsp3) is 0.214. The molecule has 0 unspecified atom stereocenters. The quantitative estimate of drug-likeness (QED) is 0.799. The molecule has 0 aliphatic rings. The van der Waals surface area contributed by atoms with Gasteiger partial charge in [0.2, 0.25) is 5.89 Å². The molecular formula is C14H13ClN4OS. The summed E-state index contributed by atoms with van der Waals surface area (Å²) in [5.41, 5.74) is 7.82. The number of thiazole rings is 1. The zero-order valence-electron chi connectivity index (χ0n) is 11.3. The predicted octanol–water partition coefficient (Wildman–Crippen LogP) is 3.13. The van der Waals surface area contributed by atoms with Crippen LogP contribution in [-0.2, 0) is 6.42 Å². The lowest BCUT2D eigenvalue weighted by Gasteiger charge is -2.08. The summed E-state index contributed by atoms with van der Waals surface area (Å²) in [7, 11) is 0. The van der Waals surface area contributed by atoms with Crippen molar-refractivity contribution in [1.82, 2.24) is 15.1 Å². The fourth-order valence-corrected chi connectivity index (χ4v) is 2.84. The molecule has 0 spiro atoms. The summed E-state index contributed by atoms with van der Waals surface area (Å²) in [6.07, 6.45) is 0.531. The number of nitrogens with two attached hydrogens (primary N) is 1. The van der Waals surface area contributed by atoms with Crippen LogP contribution in [0.5, 0.6) is 0 Å². The van der Waals surface area contributed by atoms with Crippen LogP contribution in [0.3, 0.4) is 0 Å². The van der Waals surface area contributed by atoms with Gasteiger partial charge in [0.15, 0.2) is 5.82 Å². The van der Waals surface area contributed by atoms with Crippen molar-refractivity contribution in [3.05, 3.63) is 62.6 Å². The van der Waals surface area contributed by atoms with E-state index < -0.39 is 6.04 Å². The van der Waals surface area contributed by atoms with Crippen molar-refractivity contribution in [2.24, 2.45) is 5.73 Å². The molecule has 7 heteroatoms.